The third kappa shape index (κ3) is 4.68. The predicted molar refractivity (Wildman–Crippen MR) is 125 cm³/mol. The van der Waals surface area contributed by atoms with Crippen molar-refractivity contribution in [2.45, 2.75) is 26.7 Å². The van der Waals surface area contributed by atoms with E-state index in [4.69, 9.17) is 18.9 Å². The van der Waals surface area contributed by atoms with E-state index in [-0.39, 0.29) is 0 Å². The van der Waals surface area contributed by atoms with E-state index >= 15 is 0 Å². The minimum Gasteiger partial charge on any atom is -0.496 e. The Kier molecular flexibility index (Phi) is 6.87. The van der Waals surface area contributed by atoms with Crippen molar-refractivity contribution >= 4 is 10.8 Å². The highest BCUT2D eigenvalue weighted by molar-refractivity contribution is 5.97. The topological polar surface area (TPSA) is 49.8 Å². The van der Waals surface area contributed by atoms with E-state index in [0.717, 1.165) is 38.9 Å². The van der Waals surface area contributed by atoms with E-state index in [9.17, 15) is 0 Å². The summed E-state index contributed by atoms with van der Waals surface area (Å²) in [6.07, 6.45) is 1.81. The summed E-state index contributed by atoms with van der Waals surface area (Å²) in [6.45, 7) is 3.34. The van der Waals surface area contributed by atoms with Gasteiger partial charge >= 0.3 is 0 Å². The first kappa shape index (κ1) is 21.7. The number of aromatic nitrogens is 1. The molecule has 1 heterocycles. The lowest BCUT2D eigenvalue weighted by molar-refractivity contribution is 0.104. The van der Waals surface area contributed by atoms with Crippen LogP contribution in [0.5, 0.6) is 17.2 Å². The van der Waals surface area contributed by atoms with Gasteiger partial charge in [0, 0.05) is 22.5 Å². The van der Waals surface area contributed by atoms with Crippen LogP contribution in [0.3, 0.4) is 0 Å². The zero-order valence-electron chi connectivity index (χ0n) is 18.6. The van der Waals surface area contributed by atoms with Crippen LogP contribution in [-0.4, -0.2) is 19.2 Å². The number of pyridine rings is 1. The summed E-state index contributed by atoms with van der Waals surface area (Å²) >= 11 is 0. The van der Waals surface area contributed by atoms with Gasteiger partial charge in [-0.15, -0.1) is 0 Å². The second-order valence-corrected chi connectivity index (χ2v) is 7.49. The van der Waals surface area contributed by atoms with Crippen LogP contribution in [0.25, 0.3) is 10.8 Å². The zero-order chi connectivity index (χ0) is 22.3. The van der Waals surface area contributed by atoms with Gasteiger partial charge in [0.05, 0.1) is 33.1 Å². The van der Waals surface area contributed by atoms with Gasteiger partial charge in [-0.3, -0.25) is 4.98 Å². The molecule has 0 aliphatic rings. The van der Waals surface area contributed by atoms with Crippen molar-refractivity contribution in [1.29, 1.82) is 0 Å². The fraction of sp³-hybridized carbons (Fsp3) is 0.222. The van der Waals surface area contributed by atoms with Crippen molar-refractivity contribution in [1.82, 2.24) is 4.98 Å². The Bertz CT molecular complexity index is 1180. The first-order valence-electron chi connectivity index (χ1n) is 10.5. The number of hydrogen-bond acceptors (Lipinski definition) is 5. The number of fused-ring (bicyclic) bond motifs is 1. The van der Waals surface area contributed by atoms with E-state index in [2.05, 4.69) is 4.98 Å². The summed E-state index contributed by atoms with van der Waals surface area (Å²) in [7, 11) is 3.31. The third-order valence-corrected chi connectivity index (χ3v) is 5.33. The maximum atomic E-state index is 6.23. The standard InChI is InChI=1S/C27H27NO4/c1-19-25(29-2)23-14-22(18-31-16-20-10-6-4-7-11-20)28-15-24(23)27(26(19)30-3)32-17-21-12-8-5-9-13-21/h4-15H,16-18H2,1-3H3. The highest BCUT2D eigenvalue weighted by atomic mass is 16.5. The summed E-state index contributed by atoms with van der Waals surface area (Å²) in [6, 6.07) is 22.1. The Labute approximate surface area is 188 Å². The summed E-state index contributed by atoms with van der Waals surface area (Å²) < 4.78 is 23.6. The molecule has 0 aliphatic carbocycles. The number of rotatable bonds is 9. The number of methoxy groups -OCH3 is 2. The minimum absolute atomic E-state index is 0.402. The predicted octanol–water partition coefficient (Wildman–Crippen LogP) is 5.86. The molecule has 4 aromatic rings. The van der Waals surface area contributed by atoms with Gasteiger partial charge in [0.1, 0.15) is 12.4 Å². The molecule has 0 radical (unpaired) electrons. The Balaban J connectivity index is 1.64. The zero-order valence-corrected chi connectivity index (χ0v) is 18.6. The van der Waals surface area contributed by atoms with E-state index in [1.807, 2.05) is 73.7 Å². The average molecular weight is 430 g/mol. The molecule has 0 N–H and O–H groups in total. The van der Waals surface area contributed by atoms with Gasteiger partial charge in [0.2, 0.25) is 0 Å². The number of nitrogens with zero attached hydrogens (tertiary/aromatic N) is 1. The van der Waals surface area contributed by atoms with Crippen LogP contribution in [0.1, 0.15) is 22.4 Å². The highest BCUT2D eigenvalue weighted by Gasteiger charge is 2.20. The lowest BCUT2D eigenvalue weighted by Gasteiger charge is -2.19. The minimum atomic E-state index is 0.402. The summed E-state index contributed by atoms with van der Waals surface area (Å²) in [5, 5.41) is 1.76. The van der Waals surface area contributed by atoms with Crippen LogP contribution in [0.4, 0.5) is 0 Å². The third-order valence-electron chi connectivity index (χ3n) is 5.33. The van der Waals surface area contributed by atoms with Gasteiger partial charge in [0.25, 0.3) is 0 Å². The quantitative estimate of drug-likeness (QED) is 0.334. The van der Waals surface area contributed by atoms with Crippen molar-refractivity contribution in [2.75, 3.05) is 14.2 Å². The molecule has 0 fully saturated rings. The molecule has 0 bridgehead atoms. The number of hydrogen-bond donors (Lipinski definition) is 0. The summed E-state index contributed by atoms with van der Waals surface area (Å²) in [4.78, 5) is 4.62. The Hall–Kier alpha value is -3.57. The second kappa shape index (κ2) is 10.2. The molecule has 0 atom stereocenters. The van der Waals surface area contributed by atoms with E-state index < -0.39 is 0 Å². The van der Waals surface area contributed by atoms with Gasteiger partial charge < -0.3 is 18.9 Å². The van der Waals surface area contributed by atoms with Gasteiger partial charge in [0.15, 0.2) is 11.5 Å². The molecular weight excluding hydrogens is 402 g/mol. The van der Waals surface area contributed by atoms with Crippen LogP contribution >= 0.6 is 0 Å². The van der Waals surface area contributed by atoms with Crippen molar-refractivity contribution in [3.63, 3.8) is 0 Å². The van der Waals surface area contributed by atoms with Crippen LogP contribution in [-0.2, 0) is 24.6 Å². The maximum Gasteiger partial charge on any atom is 0.171 e. The second-order valence-electron chi connectivity index (χ2n) is 7.49. The van der Waals surface area contributed by atoms with Crippen LogP contribution in [0.2, 0.25) is 0 Å². The van der Waals surface area contributed by atoms with Gasteiger partial charge in [-0.05, 0) is 24.1 Å². The number of ether oxygens (including phenoxy) is 4. The SMILES string of the molecule is COc1c(C)c(OC)c2cc(COCc3ccccc3)ncc2c1OCc1ccccc1. The smallest absolute Gasteiger partial charge is 0.171 e. The highest BCUT2D eigenvalue weighted by Crippen LogP contribution is 2.45. The van der Waals surface area contributed by atoms with E-state index in [1.165, 1.54) is 0 Å². The lowest BCUT2D eigenvalue weighted by Crippen LogP contribution is -2.03. The normalized spacial score (nSPS) is 10.8. The van der Waals surface area contributed by atoms with Crippen molar-refractivity contribution in [3.05, 3.63) is 95.3 Å². The van der Waals surface area contributed by atoms with Crippen LogP contribution < -0.4 is 14.2 Å². The molecule has 164 valence electrons. The van der Waals surface area contributed by atoms with Crippen molar-refractivity contribution in [2.24, 2.45) is 0 Å². The molecule has 5 nitrogen and oxygen atoms in total. The molecule has 1 aromatic heterocycles. The van der Waals surface area contributed by atoms with Gasteiger partial charge in [-0.1, -0.05) is 60.7 Å². The number of benzene rings is 3. The molecule has 0 aliphatic heterocycles. The summed E-state index contributed by atoms with van der Waals surface area (Å²) in [5.74, 6) is 2.06. The molecule has 4 rings (SSSR count). The lowest BCUT2D eigenvalue weighted by atomic mass is 10.0. The Morgan fingerprint density at radius 1 is 0.688 bits per heavy atom. The monoisotopic (exact) mass is 429 g/mol. The van der Waals surface area contributed by atoms with Gasteiger partial charge in [-0.25, -0.2) is 0 Å². The Morgan fingerprint density at radius 3 is 1.94 bits per heavy atom. The molecule has 32 heavy (non-hydrogen) atoms. The molecule has 0 saturated heterocycles. The molecule has 0 unspecified atom stereocenters. The summed E-state index contributed by atoms with van der Waals surface area (Å²) in [5.41, 5.74) is 3.91. The average Bonchev–Trinajstić information content (AvgIpc) is 2.84. The molecule has 0 saturated carbocycles. The van der Waals surface area contributed by atoms with Crippen molar-refractivity contribution < 1.29 is 18.9 Å². The largest absolute Gasteiger partial charge is 0.496 e. The van der Waals surface area contributed by atoms with E-state index in [0.29, 0.717) is 31.3 Å². The molecule has 0 amide bonds. The van der Waals surface area contributed by atoms with Crippen LogP contribution in [0.15, 0.2) is 72.9 Å². The first-order chi connectivity index (χ1) is 15.7. The molecular formula is C27H27NO4. The van der Waals surface area contributed by atoms with Gasteiger partial charge in [-0.2, -0.15) is 0 Å². The van der Waals surface area contributed by atoms with Crippen molar-refractivity contribution in [3.8, 4) is 17.2 Å². The fourth-order valence-electron chi connectivity index (χ4n) is 3.77. The van der Waals surface area contributed by atoms with E-state index in [1.54, 1.807) is 20.4 Å². The fourth-order valence-corrected chi connectivity index (χ4v) is 3.77. The molecule has 3 aromatic carbocycles. The Morgan fingerprint density at radius 2 is 1.31 bits per heavy atom. The first-order valence-corrected chi connectivity index (χ1v) is 10.5. The van der Waals surface area contributed by atoms with Crippen LogP contribution in [0, 0.1) is 6.92 Å². The molecule has 5 heteroatoms. The maximum absolute atomic E-state index is 6.23. The molecule has 0 spiro atoms.